The maximum atomic E-state index is 10.5. The van der Waals surface area contributed by atoms with E-state index >= 15 is 0 Å². The van der Waals surface area contributed by atoms with Gasteiger partial charge in [-0.3, -0.25) is 9.78 Å². The van der Waals surface area contributed by atoms with Gasteiger partial charge in [0.15, 0.2) is 0 Å². The number of pyridine rings is 1. The second kappa shape index (κ2) is 5.39. The van der Waals surface area contributed by atoms with Crippen LogP contribution in [-0.2, 0) is 11.2 Å². The van der Waals surface area contributed by atoms with Crippen LogP contribution in [0.25, 0.3) is 11.6 Å². The molecule has 0 saturated heterocycles. The highest BCUT2D eigenvalue weighted by molar-refractivity contribution is 5.66. The van der Waals surface area contributed by atoms with Crippen LogP contribution < -0.4 is 0 Å². The third-order valence-corrected chi connectivity index (χ3v) is 2.40. The van der Waals surface area contributed by atoms with Crippen LogP contribution in [0.1, 0.15) is 19.2 Å². The molecule has 18 heavy (non-hydrogen) atoms. The molecule has 0 aliphatic carbocycles. The molecular formula is C12H13N3O3. The molecule has 2 aromatic heterocycles. The Balaban J connectivity index is 2.05. The molecule has 1 N–H and O–H groups in total. The Bertz CT molecular complexity index is 524. The topological polar surface area (TPSA) is 89.1 Å². The number of hydrogen-bond donors (Lipinski definition) is 1. The first kappa shape index (κ1) is 12.2. The fraction of sp³-hybridized carbons (Fsp3) is 0.333. The maximum absolute atomic E-state index is 10.5. The van der Waals surface area contributed by atoms with E-state index in [-0.39, 0.29) is 12.3 Å². The van der Waals surface area contributed by atoms with E-state index in [1.807, 2.05) is 13.0 Å². The summed E-state index contributed by atoms with van der Waals surface area (Å²) < 4.78 is 5.44. The third-order valence-electron chi connectivity index (χ3n) is 2.40. The predicted octanol–water partition coefficient (Wildman–Crippen LogP) is 1.78. The molecular weight excluding hydrogens is 234 g/mol. The summed E-state index contributed by atoms with van der Waals surface area (Å²) in [4.78, 5) is 14.6. The lowest BCUT2D eigenvalue weighted by molar-refractivity contribution is -0.137. The lowest BCUT2D eigenvalue weighted by Crippen LogP contribution is -2.07. The van der Waals surface area contributed by atoms with Gasteiger partial charge < -0.3 is 9.52 Å². The second-order valence-corrected chi connectivity index (χ2v) is 4.12. The molecule has 1 atom stereocenters. The van der Waals surface area contributed by atoms with Gasteiger partial charge in [-0.15, -0.1) is 10.2 Å². The van der Waals surface area contributed by atoms with Crippen molar-refractivity contribution in [2.45, 2.75) is 19.8 Å². The molecule has 6 heteroatoms. The quantitative estimate of drug-likeness (QED) is 0.866. The van der Waals surface area contributed by atoms with Crippen LogP contribution in [0.3, 0.4) is 0 Å². The molecule has 2 rings (SSSR count). The summed E-state index contributed by atoms with van der Waals surface area (Å²) in [6, 6.07) is 5.41. The Morgan fingerprint density at radius 1 is 1.44 bits per heavy atom. The van der Waals surface area contributed by atoms with Crippen LogP contribution in [0.5, 0.6) is 0 Å². The van der Waals surface area contributed by atoms with Crippen molar-refractivity contribution in [3.8, 4) is 11.6 Å². The Labute approximate surface area is 104 Å². The van der Waals surface area contributed by atoms with E-state index in [1.54, 1.807) is 18.3 Å². The summed E-state index contributed by atoms with van der Waals surface area (Å²) in [6.07, 6.45) is 2.18. The van der Waals surface area contributed by atoms with Crippen LogP contribution in [0.4, 0.5) is 0 Å². The monoisotopic (exact) mass is 247 g/mol. The van der Waals surface area contributed by atoms with Crippen LogP contribution in [0, 0.1) is 5.92 Å². The van der Waals surface area contributed by atoms with Gasteiger partial charge in [0, 0.05) is 19.0 Å². The van der Waals surface area contributed by atoms with E-state index in [0.717, 1.165) is 0 Å². The van der Waals surface area contributed by atoms with Gasteiger partial charge in [-0.2, -0.15) is 0 Å². The van der Waals surface area contributed by atoms with E-state index in [1.165, 1.54) is 0 Å². The number of aromatic nitrogens is 3. The minimum absolute atomic E-state index is 0.0421. The van der Waals surface area contributed by atoms with Crippen LogP contribution in [-0.4, -0.2) is 26.3 Å². The molecule has 0 radical (unpaired) electrons. The standard InChI is InChI=1S/C12H13N3O3/c1-8(7-11(16)17)6-10-14-15-12(18-10)9-4-2-3-5-13-9/h2-5,8H,6-7H2,1H3,(H,16,17). The van der Waals surface area contributed by atoms with Gasteiger partial charge in [0.2, 0.25) is 5.89 Å². The lowest BCUT2D eigenvalue weighted by Gasteiger charge is -2.03. The summed E-state index contributed by atoms with van der Waals surface area (Å²) in [6.45, 7) is 1.83. The Morgan fingerprint density at radius 2 is 2.28 bits per heavy atom. The molecule has 2 heterocycles. The van der Waals surface area contributed by atoms with Crippen molar-refractivity contribution in [1.82, 2.24) is 15.2 Å². The zero-order chi connectivity index (χ0) is 13.0. The molecule has 0 aliphatic rings. The molecule has 0 amide bonds. The van der Waals surface area contributed by atoms with E-state index in [2.05, 4.69) is 15.2 Å². The van der Waals surface area contributed by atoms with Crippen LogP contribution >= 0.6 is 0 Å². The summed E-state index contributed by atoms with van der Waals surface area (Å²) in [5, 5.41) is 16.5. The van der Waals surface area contributed by atoms with E-state index in [4.69, 9.17) is 9.52 Å². The number of aliphatic carboxylic acids is 1. The number of nitrogens with zero attached hydrogens (tertiary/aromatic N) is 3. The molecule has 0 saturated carbocycles. The largest absolute Gasteiger partial charge is 0.481 e. The van der Waals surface area contributed by atoms with Crippen molar-refractivity contribution >= 4 is 5.97 Å². The highest BCUT2D eigenvalue weighted by Crippen LogP contribution is 2.17. The van der Waals surface area contributed by atoms with Gasteiger partial charge in [0.25, 0.3) is 5.89 Å². The van der Waals surface area contributed by atoms with Crippen molar-refractivity contribution in [3.05, 3.63) is 30.3 Å². The SMILES string of the molecule is CC(CC(=O)O)Cc1nnc(-c2ccccn2)o1. The van der Waals surface area contributed by atoms with E-state index < -0.39 is 5.97 Å². The number of hydrogen-bond acceptors (Lipinski definition) is 5. The first-order valence-electron chi connectivity index (χ1n) is 5.60. The number of carboxylic acid groups (broad SMARTS) is 1. The van der Waals surface area contributed by atoms with Gasteiger partial charge in [-0.05, 0) is 18.1 Å². The van der Waals surface area contributed by atoms with Crippen molar-refractivity contribution in [2.24, 2.45) is 5.92 Å². The molecule has 0 spiro atoms. The Morgan fingerprint density at radius 3 is 2.94 bits per heavy atom. The third kappa shape index (κ3) is 3.13. The average molecular weight is 247 g/mol. The zero-order valence-corrected chi connectivity index (χ0v) is 9.91. The molecule has 0 fully saturated rings. The van der Waals surface area contributed by atoms with Gasteiger partial charge in [-0.1, -0.05) is 13.0 Å². The molecule has 0 aliphatic heterocycles. The lowest BCUT2D eigenvalue weighted by atomic mass is 10.0. The molecule has 1 unspecified atom stereocenters. The Hall–Kier alpha value is -2.24. The van der Waals surface area contributed by atoms with Gasteiger partial charge >= 0.3 is 5.97 Å². The summed E-state index contributed by atoms with van der Waals surface area (Å²) in [5.41, 5.74) is 0.613. The number of carbonyl (C=O) groups is 1. The minimum atomic E-state index is -0.827. The Kier molecular flexibility index (Phi) is 3.66. The van der Waals surface area contributed by atoms with Crippen LogP contribution in [0.15, 0.2) is 28.8 Å². The summed E-state index contributed by atoms with van der Waals surface area (Å²) >= 11 is 0. The first-order valence-corrected chi connectivity index (χ1v) is 5.60. The smallest absolute Gasteiger partial charge is 0.303 e. The first-order chi connectivity index (χ1) is 8.65. The molecule has 6 nitrogen and oxygen atoms in total. The zero-order valence-electron chi connectivity index (χ0n) is 9.91. The fourth-order valence-electron chi connectivity index (χ4n) is 1.60. The van der Waals surface area contributed by atoms with E-state index in [9.17, 15) is 4.79 Å². The second-order valence-electron chi connectivity index (χ2n) is 4.12. The summed E-state index contributed by atoms with van der Waals surface area (Å²) in [5.74, 6) is -0.0796. The normalized spacial score (nSPS) is 12.3. The highest BCUT2D eigenvalue weighted by atomic mass is 16.4. The average Bonchev–Trinajstić information content (AvgIpc) is 2.77. The number of carboxylic acids is 1. The van der Waals surface area contributed by atoms with Crippen molar-refractivity contribution in [1.29, 1.82) is 0 Å². The molecule has 94 valence electrons. The highest BCUT2D eigenvalue weighted by Gasteiger charge is 2.14. The van der Waals surface area contributed by atoms with Crippen LogP contribution in [0.2, 0.25) is 0 Å². The maximum Gasteiger partial charge on any atom is 0.303 e. The fourth-order valence-corrected chi connectivity index (χ4v) is 1.60. The van der Waals surface area contributed by atoms with E-state index in [0.29, 0.717) is 23.9 Å². The van der Waals surface area contributed by atoms with Gasteiger partial charge in [0.1, 0.15) is 5.69 Å². The van der Waals surface area contributed by atoms with Crippen molar-refractivity contribution < 1.29 is 14.3 Å². The molecule has 0 aromatic carbocycles. The van der Waals surface area contributed by atoms with Gasteiger partial charge in [-0.25, -0.2) is 0 Å². The molecule has 0 bridgehead atoms. The van der Waals surface area contributed by atoms with Crippen molar-refractivity contribution in [2.75, 3.05) is 0 Å². The minimum Gasteiger partial charge on any atom is -0.481 e. The van der Waals surface area contributed by atoms with Crippen molar-refractivity contribution in [3.63, 3.8) is 0 Å². The summed E-state index contributed by atoms with van der Waals surface area (Å²) in [7, 11) is 0. The van der Waals surface area contributed by atoms with Gasteiger partial charge in [0.05, 0.1) is 0 Å². The predicted molar refractivity (Wildman–Crippen MR) is 62.6 cm³/mol. The number of rotatable bonds is 5. The molecule has 2 aromatic rings.